The average Bonchev–Trinajstić information content (AvgIpc) is 3.33. The lowest BCUT2D eigenvalue weighted by Gasteiger charge is -2.32. The molecule has 0 unspecified atom stereocenters. The maximum absolute atomic E-state index is 12.1. The molecule has 0 aromatic carbocycles. The van der Waals surface area contributed by atoms with Crippen molar-refractivity contribution in [1.82, 2.24) is 24.6 Å². The molecule has 28 heavy (non-hydrogen) atoms. The van der Waals surface area contributed by atoms with Crippen LogP contribution in [-0.4, -0.2) is 49.4 Å². The molecule has 2 N–H and O–H groups in total. The van der Waals surface area contributed by atoms with Crippen molar-refractivity contribution in [2.24, 2.45) is 0 Å². The van der Waals surface area contributed by atoms with Crippen LogP contribution in [0.15, 0.2) is 31.1 Å². The Balaban J connectivity index is 1.81. The quantitative estimate of drug-likeness (QED) is 0.537. The molecular weight excluding hydrogens is 376 g/mol. The first-order valence-electron chi connectivity index (χ1n) is 9.00. The van der Waals surface area contributed by atoms with Gasteiger partial charge in [-0.05, 0) is 38.0 Å². The third-order valence-electron chi connectivity index (χ3n) is 4.93. The van der Waals surface area contributed by atoms with Crippen molar-refractivity contribution in [2.45, 2.75) is 25.8 Å². The number of ketones is 1. The number of hydrogen-bond donors (Lipinski definition) is 1. The molecular formula is C19H20N6O2S. The minimum absolute atomic E-state index is 0.00932. The van der Waals surface area contributed by atoms with Crippen molar-refractivity contribution in [3.05, 3.63) is 36.0 Å². The van der Waals surface area contributed by atoms with Crippen LogP contribution >= 0.6 is 11.3 Å². The fraction of sp³-hybridized carbons (Fsp3) is 0.316. The van der Waals surface area contributed by atoms with Crippen LogP contribution < -0.4 is 5.73 Å². The van der Waals surface area contributed by atoms with E-state index in [4.69, 9.17) is 10.8 Å². The molecule has 3 aromatic rings. The number of likely N-dealkylation sites (tertiary alicyclic amines) is 1. The second kappa shape index (κ2) is 7.16. The molecule has 1 aliphatic rings. The molecule has 0 aliphatic carbocycles. The Kier molecular flexibility index (Phi) is 4.68. The second-order valence-corrected chi connectivity index (χ2v) is 7.84. The van der Waals surface area contributed by atoms with Crippen LogP contribution in [0.2, 0.25) is 0 Å². The first-order chi connectivity index (χ1) is 13.5. The maximum atomic E-state index is 12.1. The number of carbonyl (C=O) groups is 2. The van der Waals surface area contributed by atoms with Crippen LogP contribution in [0.25, 0.3) is 21.6 Å². The number of carbonyl (C=O) groups excluding carboxylic acids is 2. The highest BCUT2D eigenvalue weighted by molar-refractivity contribution is 7.17. The minimum Gasteiger partial charge on any atom is -0.383 e. The number of anilines is 1. The third kappa shape index (κ3) is 3.07. The van der Waals surface area contributed by atoms with E-state index in [1.54, 1.807) is 11.0 Å². The molecule has 1 amide bonds. The predicted octanol–water partition coefficient (Wildman–Crippen LogP) is 2.69. The fourth-order valence-electron chi connectivity index (χ4n) is 3.56. The SMILES string of the molecule is C=CC(=O)N1CCC[C@@H](n2nc(-c3ccc(C(C)=O)s3)c3c(N)ncnc32)C1. The Morgan fingerprint density at radius 1 is 1.36 bits per heavy atom. The maximum Gasteiger partial charge on any atom is 0.246 e. The van der Waals surface area contributed by atoms with Gasteiger partial charge in [-0.25, -0.2) is 14.6 Å². The highest BCUT2D eigenvalue weighted by Crippen LogP contribution is 2.36. The molecule has 9 heteroatoms. The van der Waals surface area contributed by atoms with Crippen molar-refractivity contribution in [3.8, 4) is 10.6 Å². The minimum atomic E-state index is -0.0834. The molecule has 4 rings (SSSR count). The first kappa shape index (κ1) is 18.3. The van der Waals surface area contributed by atoms with Gasteiger partial charge in [0.05, 0.1) is 21.2 Å². The van der Waals surface area contributed by atoms with Gasteiger partial charge >= 0.3 is 0 Å². The van der Waals surface area contributed by atoms with Gasteiger partial charge in [0.1, 0.15) is 17.8 Å². The van der Waals surface area contributed by atoms with E-state index < -0.39 is 0 Å². The molecule has 1 aliphatic heterocycles. The van der Waals surface area contributed by atoms with Crippen molar-refractivity contribution >= 4 is 39.9 Å². The number of nitrogen functional groups attached to an aromatic ring is 1. The molecule has 0 spiro atoms. The number of aromatic nitrogens is 4. The summed E-state index contributed by atoms with van der Waals surface area (Å²) in [6, 6.07) is 3.64. The normalized spacial score (nSPS) is 17.0. The van der Waals surface area contributed by atoms with Gasteiger partial charge in [0.2, 0.25) is 5.91 Å². The highest BCUT2D eigenvalue weighted by atomic mass is 32.1. The number of Topliss-reactive ketones (excluding diaryl/α,β-unsaturated/α-hetero) is 1. The number of hydrogen-bond acceptors (Lipinski definition) is 7. The van der Waals surface area contributed by atoms with Gasteiger partial charge in [0.15, 0.2) is 11.4 Å². The summed E-state index contributed by atoms with van der Waals surface area (Å²) in [4.78, 5) is 35.6. The van der Waals surface area contributed by atoms with E-state index in [0.717, 1.165) is 17.7 Å². The Hall–Kier alpha value is -3.07. The van der Waals surface area contributed by atoms with E-state index in [-0.39, 0.29) is 17.7 Å². The summed E-state index contributed by atoms with van der Waals surface area (Å²) in [7, 11) is 0. The van der Waals surface area contributed by atoms with E-state index >= 15 is 0 Å². The van der Waals surface area contributed by atoms with Crippen LogP contribution in [0.3, 0.4) is 0 Å². The molecule has 0 radical (unpaired) electrons. The standard InChI is InChI=1S/C19H20N6O2S/c1-3-15(27)24-8-4-5-12(9-24)25-19-16(18(20)21-10-22-19)17(23-25)14-7-6-13(28-14)11(2)26/h3,6-7,10,12H,1,4-5,8-9H2,2H3,(H2,20,21,22)/t12-/m1/s1. The Bertz CT molecular complexity index is 1090. The van der Waals surface area contributed by atoms with Crippen LogP contribution in [0.5, 0.6) is 0 Å². The van der Waals surface area contributed by atoms with Crippen molar-refractivity contribution in [2.75, 3.05) is 18.8 Å². The van der Waals surface area contributed by atoms with E-state index in [0.29, 0.717) is 40.5 Å². The van der Waals surface area contributed by atoms with Gasteiger partial charge in [-0.1, -0.05) is 6.58 Å². The summed E-state index contributed by atoms with van der Waals surface area (Å²) in [5, 5.41) is 5.48. The monoisotopic (exact) mass is 396 g/mol. The Morgan fingerprint density at radius 2 is 2.18 bits per heavy atom. The number of fused-ring (bicyclic) bond motifs is 1. The topological polar surface area (TPSA) is 107 Å². The number of piperidine rings is 1. The lowest BCUT2D eigenvalue weighted by atomic mass is 10.1. The number of nitrogens with two attached hydrogens (primary N) is 1. The molecule has 3 aromatic heterocycles. The predicted molar refractivity (Wildman–Crippen MR) is 108 cm³/mol. The van der Waals surface area contributed by atoms with Crippen molar-refractivity contribution < 1.29 is 9.59 Å². The van der Waals surface area contributed by atoms with Crippen LogP contribution in [0, 0.1) is 0 Å². The summed E-state index contributed by atoms with van der Waals surface area (Å²) in [6.07, 6.45) is 4.51. The number of thiophene rings is 1. The third-order valence-corrected chi connectivity index (χ3v) is 6.13. The Morgan fingerprint density at radius 3 is 2.89 bits per heavy atom. The largest absolute Gasteiger partial charge is 0.383 e. The Labute approximate surface area is 165 Å². The van der Waals surface area contributed by atoms with Gasteiger partial charge in [-0.2, -0.15) is 5.10 Å². The van der Waals surface area contributed by atoms with Gasteiger partial charge in [0, 0.05) is 13.1 Å². The summed E-state index contributed by atoms with van der Waals surface area (Å²) in [6.45, 7) is 6.36. The van der Waals surface area contributed by atoms with Gasteiger partial charge in [-0.3, -0.25) is 9.59 Å². The highest BCUT2D eigenvalue weighted by Gasteiger charge is 2.28. The summed E-state index contributed by atoms with van der Waals surface area (Å²) >= 11 is 1.37. The average molecular weight is 396 g/mol. The van der Waals surface area contributed by atoms with E-state index in [1.807, 2.05) is 10.7 Å². The molecule has 4 heterocycles. The smallest absolute Gasteiger partial charge is 0.246 e. The van der Waals surface area contributed by atoms with Crippen LogP contribution in [-0.2, 0) is 4.79 Å². The first-order valence-corrected chi connectivity index (χ1v) is 9.82. The summed E-state index contributed by atoms with van der Waals surface area (Å²) in [5.74, 6) is 0.272. The zero-order valence-electron chi connectivity index (χ0n) is 15.5. The molecule has 1 fully saturated rings. The van der Waals surface area contributed by atoms with Gasteiger partial charge < -0.3 is 10.6 Å². The van der Waals surface area contributed by atoms with Crippen LogP contribution in [0.4, 0.5) is 5.82 Å². The zero-order valence-corrected chi connectivity index (χ0v) is 16.3. The van der Waals surface area contributed by atoms with E-state index in [2.05, 4.69) is 16.5 Å². The second-order valence-electron chi connectivity index (χ2n) is 6.76. The van der Waals surface area contributed by atoms with Crippen LogP contribution in [0.1, 0.15) is 35.5 Å². The lowest BCUT2D eigenvalue weighted by molar-refractivity contribution is -0.127. The fourth-order valence-corrected chi connectivity index (χ4v) is 4.45. The van der Waals surface area contributed by atoms with Gasteiger partial charge in [0.25, 0.3) is 0 Å². The van der Waals surface area contributed by atoms with Crippen molar-refractivity contribution in [1.29, 1.82) is 0 Å². The number of nitrogens with zero attached hydrogens (tertiary/aromatic N) is 5. The van der Waals surface area contributed by atoms with E-state index in [1.165, 1.54) is 30.7 Å². The molecule has 8 nitrogen and oxygen atoms in total. The zero-order chi connectivity index (χ0) is 19.8. The molecule has 1 saturated heterocycles. The van der Waals surface area contributed by atoms with Gasteiger partial charge in [-0.15, -0.1) is 11.3 Å². The number of rotatable bonds is 4. The summed E-state index contributed by atoms with van der Waals surface area (Å²) in [5.41, 5.74) is 7.46. The number of amides is 1. The lowest BCUT2D eigenvalue weighted by Crippen LogP contribution is -2.40. The summed E-state index contributed by atoms with van der Waals surface area (Å²) < 4.78 is 1.85. The van der Waals surface area contributed by atoms with Crippen molar-refractivity contribution in [3.63, 3.8) is 0 Å². The molecule has 0 saturated carbocycles. The molecule has 144 valence electrons. The molecule has 0 bridgehead atoms. The molecule has 1 atom stereocenters. The van der Waals surface area contributed by atoms with E-state index in [9.17, 15) is 9.59 Å².